The van der Waals surface area contributed by atoms with Gasteiger partial charge in [-0.05, 0) is 19.3 Å². The summed E-state index contributed by atoms with van der Waals surface area (Å²) in [5, 5.41) is 0. The SMILES string of the molecule is C=CC(=O)OCC1CCCC(OC)O1. The standard InChI is InChI=1S/C10H16O4/c1-3-9(11)13-7-8-5-4-6-10(12-2)14-8/h3,8,10H,1,4-7H2,2H3. The first kappa shape index (κ1) is 11.2. The van der Waals surface area contributed by atoms with Crippen molar-refractivity contribution in [1.82, 2.24) is 0 Å². The summed E-state index contributed by atoms with van der Waals surface area (Å²) < 4.78 is 15.5. The number of carbonyl (C=O) groups is 1. The molecule has 0 radical (unpaired) electrons. The van der Waals surface area contributed by atoms with Gasteiger partial charge in [0.05, 0.1) is 6.10 Å². The molecule has 0 amide bonds. The molecular weight excluding hydrogens is 184 g/mol. The molecule has 1 aliphatic heterocycles. The van der Waals surface area contributed by atoms with Crippen LogP contribution in [0.1, 0.15) is 19.3 Å². The molecule has 0 saturated carbocycles. The summed E-state index contributed by atoms with van der Waals surface area (Å²) in [5.41, 5.74) is 0. The summed E-state index contributed by atoms with van der Waals surface area (Å²) in [6.45, 7) is 3.60. The maximum Gasteiger partial charge on any atom is 0.330 e. The van der Waals surface area contributed by atoms with E-state index in [-0.39, 0.29) is 19.0 Å². The maximum absolute atomic E-state index is 10.8. The number of esters is 1. The molecule has 1 saturated heterocycles. The Morgan fingerprint density at radius 3 is 3.07 bits per heavy atom. The largest absolute Gasteiger partial charge is 0.460 e. The van der Waals surface area contributed by atoms with Crippen molar-refractivity contribution in [3.8, 4) is 0 Å². The molecule has 0 aromatic heterocycles. The zero-order chi connectivity index (χ0) is 10.4. The lowest BCUT2D eigenvalue weighted by molar-refractivity contribution is -0.193. The average Bonchev–Trinajstić information content (AvgIpc) is 2.26. The first-order valence-electron chi connectivity index (χ1n) is 4.73. The Bertz CT molecular complexity index is 202. The molecule has 0 aliphatic carbocycles. The van der Waals surface area contributed by atoms with Crippen molar-refractivity contribution in [3.63, 3.8) is 0 Å². The molecule has 80 valence electrons. The second-order valence-electron chi connectivity index (χ2n) is 3.19. The first-order valence-corrected chi connectivity index (χ1v) is 4.73. The third-order valence-electron chi connectivity index (χ3n) is 2.15. The highest BCUT2D eigenvalue weighted by Crippen LogP contribution is 2.19. The van der Waals surface area contributed by atoms with E-state index in [4.69, 9.17) is 14.2 Å². The molecular formula is C10H16O4. The number of methoxy groups -OCH3 is 1. The van der Waals surface area contributed by atoms with Crippen molar-refractivity contribution in [1.29, 1.82) is 0 Å². The lowest BCUT2D eigenvalue weighted by Crippen LogP contribution is -2.32. The fraction of sp³-hybridized carbons (Fsp3) is 0.700. The van der Waals surface area contributed by atoms with Gasteiger partial charge in [0.1, 0.15) is 6.61 Å². The van der Waals surface area contributed by atoms with Gasteiger partial charge in [-0.3, -0.25) is 0 Å². The van der Waals surface area contributed by atoms with E-state index in [2.05, 4.69) is 6.58 Å². The lowest BCUT2D eigenvalue weighted by Gasteiger charge is -2.28. The summed E-state index contributed by atoms with van der Waals surface area (Å²) in [7, 11) is 1.61. The Morgan fingerprint density at radius 2 is 2.43 bits per heavy atom. The Morgan fingerprint density at radius 1 is 1.64 bits per heavy atom. The van der Waals surface area contributed by atoms with Gasteiger partial charge in [-0.1, -0.05) is 6.58 Å². The van der Waals surface area contributed by atoms with Gasteiger partial charge in [0, 0.05) is 13.2 Å². The molecule has 0 aromatic rings. The molecule has 1 heterocycles. The van der Waals surface area contributed by atoms with Crippen molar-refractivity contribution < 1.29 is 19.0 Å². The summed E-state index contributed by atoms with van der Waals surface area (Å²) in [5.74, 6) is -0.409. The smallest absolute Gasteiger partial charge is 0.330 e. The molecule has 0 aromatic carbocycles. The molecule has 14 heavy (non-hydrogen) atoms. The highest BCUT2D eigenvalue weighted by atomic mass is 16.7. The van der Waals surface area contributed by atoms with E-state index in [1.165, 1.54) is 0 Å². The zero-order valence-electron chi connectivity index (χ0n) is 8.40. The Labute approximate surface area is 83.8 Å². The second-order valence-corrected chi connectivity index (χ2v) is 3.19. The molecule has 0 spiro atoms. The van der Waals surface area contributed by atoms with Crippen LogP contribution >= 0.6 is 0 Å². The lowest BCUT2D eigenvalue weighted by atomic mass is 10.1. The van der Waals surface area contributed by atoms with Crippen LogP contribution in [0.2, 0.25) is 0 Å². The third-order valence-corrected chi connectivity index (χ3v) is 2.15. The van der Waals surface area contributed by atoms with Crippen LogP contribution in [0, 0.1) is 0 Å². The van der Waals surface area contributed by atoms with Crippen LogP contribution in [0.5, 0.6) is 0 Å². The molecule has 1 aliphatic rings. The fourth-order valence-electron chi connectivity index (χ4n) is 1.39. The van der Waals surface area contributed by atoms with Crippen LogP contribution in [0.15, 0.2) is 12.7 Å². The maximum atomic E-state index is 10.8. The van der Waals surface area contributed by atoms with Gasteiger partial charge >= 0.3 is 5.97 Å². The molecule has 4 heteroatoms. The molecule has 2 atom stereocenters. The number of hydrogen-bond acceptors (Lipinski definition) is 4. The average molecular weight is 200 g/mol. The molecule has 4 nitrogen and oxygen atoms in total. The third kappa shape index (κ3) is 3.47. The van der Waals surface area contributed by atoms with Crippen molar-refractivity contribution in [2.24, 2.45) is 0 Å². The first-order chi connectivity index (χ1) is 6.76. The fourth-order valence-corrected chi connectivity index (χ4v) is 1.39. The van der Waals surface area contributed by atoms with Crippen molar-refractivity contribution in [2.45, 2.75) is 31.7 Å². The van der Waals surface area contributed by atoms with E-state index in [9.17, 15) is 4.79 Å². The van der Waals surface area contributed by atoms with Gasteiger partial charge in [-0.25, -0.2) is 4.79 Å². The number of hydrogen-bond donors (Lipinski definition) is 0. The Hall–Kier alpha value is -0.870. The predicted molar refractivity (Wildman–Crippen MR) is 50.7 cm³/mol. The molecule has 2 unspecified atom stereocenters. The quantitative estimate of drug-likeness (QED) is 0.506. The van der Waals surface area contributed by atoms with Crippen LogP contribution in [0.25, 0.3) is 0 Å². The van der Waals surface area contributed by atoms with Gasteiger partial charge in [-0.2, -0.15) is 0 Å². The molecule has 1 fully saturated rings. The van der Waals surface area contributed by atoms with Crippen LogP contribution < -0.4 is 0 Å². The minimum atomic E-state index is -0.409. The van der Waals surface area contributed by atoms with Gasteiger partial charge in [0.2, 0.25) is 0 Å². The minimum absolute atomic E-state index is 0.0439. The van der Waals surface area contributed by atoms with Crippen molar-refractivity contribution >= 4 is 5.97 Å². The summed E-state index contributed by atoms with van der Waals surface area (Å²) in [4.78, 5) is 10.8. The van der Waals surface area contributed by atoms with Crippen molar-refractivity contribution in [3.05, 3.63) is 12.7 Å². The number of ether oxygens (including phenoxy) is 3. The van der Waals surface area contributed by atoms with E-state index < -0.39 is 5.97 Å². The van der Waals surface area contributed by atoms with Gasteiger partial charge in [0.25, 0.3) is 0 Å². The topological polar surface area (TPSA) is 44.8 Å². The Balaban J connectivity index is 2.23. The zero-order valence-corrected chi connectivity index (χ0v) is 8.40. The molecule has 1 rings (SSSR count). The minimum Gasteiger partial charge on any atom is -0.460 e. The van der Waals surface area contributed by atoms with E-state index in [0.717, 1.165) is 25.3 Å². The molecule has 0 bridgehead atoms. The highest BCUT2D eigenvalue weighted by molar-refractivity contribution is 5.81. The number of carbonyl (C=O) groups excluding carboxylic acids is 1. The van der Waals surface area contributed by atoms with Crippen LogP contribution in [0.3, 0.4) is 0 Å². The van der Waals surface area contributed by atoms with E-state index in [1.54, 1.807) is 7.11 Å². The van der Waals surface area contributed by atoms with Gasteiger partial charge in [0.15, 0.2) is 6.29 Å². The monoisotopic (exact) mass is 200 g/mol. The van der Waals surface area contributed by atoms with Crippen LogP contribution in [0.4, 0.5) is 0 Å². The normalized spacial score (nSPS) is 26.9. The van der Waals surface area contributed by atoms with Crippen LogP contribution in [-0.4, -0.2) is 32.1 Å². The predicted octanol–water partition coefficient (Wildman–Crippen LogP) is 1.26. The van der Waals surface area contributed by atoms with Crippen LogP contribution in [-0.2, 0) is 19.0 Å². The summed E-state index contributed by atoms with van der Waals surface area (Å²) in [6, 6.07) is 0. The van der Waals surface area contributed by atoms with Gasteiger partial charge in [-0.15, -0.1) is 0 Å². The van der Waals surface area contributed by atoms with Gasteiger partial charge < -0.3 is 14.2 Å². The number of rotatable bonds is 4. The van der Waals surface area contributed by atoms with E-state index in [1.807, 2.05) is 0 Å². The second kappa shape index (κ2) is 5.78. The Kier molecular flexibility index (Phi) is 4.62. The summed E-state index contributed by atoms with van der Waals surface area (Å²) in [6.07, 6.45) is 3.80. The molecule has 0 N–H and O–H groups in total. The van der Waals surface area contributed by atoms with E-state index >= 15 is 0 Å². The van der Waals surface area contributed by atoms with E-state index in [0.29, 0.717) is 0 Å². The van der Waals surface area contributed by atoms with Crippen molar-refractivity contribution in [2.75, 3.05) is 13.7 Å². The highest BCUT2D eigenvalue weighted by Gasteiger charge is 2.22. The summed E-state index contributed by atoms with van der Waals surface area (Å²) >= 11 is 0.